The van der Waals surface area contributed by atoms with Crippen molar-refractivity contribution in [1.29, 1.82) is 0 Å². The van der Waals surface area contributed by atoms with Crippen molar-refractivity contribution in [3.63, 3.8) is 0 Å². The molecule has 1 atom stereocenters. The summed E-state index contributed by atoms with van der Waals surface area (Å²) in [6.45, 7) is 4.21. The van der Waals surface area contributed by atoms with E-state index < -0.39 is 5.54 Å². The smallest absolute Gasteiger partial charge is 0.244 e. The molecule has 4 nitrogen and oxygen atoms in total. The molecule has 0 saturated heterocycles. The number of nitrogens with two attached hydrogens (primary N) is 1. The first kappa shape index (κ1) is 14.2. The Balaban J connectivity index is 2.07. The molecule has 3 N–H and O–H groups in total. The lowest BCUT2D eigenvalue weighted by Crippen LogP contribution is -2.50. The zero-order valence-corrected chi connectivity index (χ0v) is 12.0. The third-order valence-electron chi connectivity index (χ3n) is 3.40. The van der Waals surface area contributed by atoms with E-state index in [1.54, 1.807) is 25.1 Å². The van der Waals surface area contributed by atoms with Crippen LogP contribution in [0.2, 0.25) is 5.02 Å². The van der Waals surface area contributed by atoms with Crippen LogP contribution in [0.5, 0.6) is 5.75 Å². The maximum absolute atomic E-state index is 12.1. The monoisotopic (exact) mass is 282 g/mol. The first-order chi connectivity index (χ1) is 8.95. The SMILES string of the molecule is CCOc1ccc(NC(=O)C(C)(N)C2CC2)cc1Cl. The molecule has 1 aliphatic rings. The van der Waals surface area contributed by atoms with Gasteiger partial charge in [-0.15, -0.1) is 0 Å². The predicted molar refractivity (Wildman–Crippen MR) is 76.6 cm³/mol. The zero-order valence-electron chi connectivity index (χ0n) is 11.2. The largest absolute Gasteiger partial charge is 0.492 e. The van der Waals surface area contributed by atoms with Crippen LogP contribution in [0.4, 0.5) is 5.69 Å². The molecular weight excluding hydrogens is 264 g/mol. The highest BCUT2D eigenvalue weighted by Crippen LogP contribution is 2.38. The van der Waals surface area contributed by atoms with Crippen LogP contribution in [0.15, 0.2) is 18.2 Å². The number of carbonyl (C=O) groups is 1. The molecular formula is C14H19ClN2O2. The molecule has 1 saturated carbocycles. The van der Waals surface area contributed by atoms with Gasteiger partial charge in [0.05, 0.1) is 17.2 Å². The Hall–Kier alpha value is -1.26. The van der Waals surface area contributed by atoms with Gasteiger partial charge >= 0.3 is 0 Å². The standard InChI is InChI=1S/C14H19ClN2O2/c1-3-19-12-7-6-10(8-11(12)15)17-13(18)14(2,16)9-4-5-9/h6-9H,3-5,16H2,1-2H3,(H,17,18). The minimum Gasteiger partial charge on any atom is -0.492 e. The Morgan fingerprint density at radius 2 is 2.26 bits per heavy atom. The summed E-state index contributed by atoms with van der Waals surface area (Å²) < 4.78 is 5.34. The lowest BCUT2D eigenvalue weighted by molar-refractivity contribution is -0.121. The lowest BCUT2D eigenvalue weighted by Gasteiger charge is -2.23. The summed E-state index contributed by atoms with van der Waals surface area (Å²) in [7, 11) is 0. The van der Waals surface area contributed by atoms with E-state index in [9.17, 15) is 4.79 Å². The summed E-state index contributed by atoms with van der Waals surface area (Å²) in [5.41, 5.74) is 5.88. The summed E-state index contributed by atoms with van der Waals surface area (Å²) in [5, 5.41) is 3.29. The maximum Gasteiger partial charge on any atom is 0.244 e. The number of amides is 1. The summed E-state index contributed by atoms with van der Waals surface area (Å²) in [5.74, 6) is 0.723. The second-order valence-corrected chi connectivity index (χ2v) is 5.50. The molecule has 2 rings (SSSR count). The number of nitrogens with one attached hydrogen (secondary N) is 1. The van der Waals surface area contributed by atoms with E-state index in [0.29, 0.717) is 23.1 Å². The van der Waals surface area contributed by atoms with Crippen molar-refractivity contribution in [3.05, 3.63) is 23.2 Å². The highest BCUT2D eigenvalue weighted by atomic mass is 35.5. The van der Waals surface area contributed by atoms with E-state index in [1.165, 1.54) is 0 Å². The third kappa shape index (κ3) is 3.19. The predicted octanol–water partition coefficient (Wildman–Crippen LogP) is 2.80. The number of halogens is 1. The minimum atomic E-state index is -0.814. The highest BCUT2D eigenvalue weighted by molar-refractivity contribution is 6.32. The van der Waals surface area contributed by atoms with Gasteiger partial charge < -0.3 is 15.8 Å². The van der Waals surface area contributed by atoms with Crippen molar-refractivity contribution in [2.45, 2.75) is 32.2 Å². The Kier molecular flexibility index (Phi) is 4.02. The molecule has 1 amide bonds. The van der Waals surface area contributed by atoms with Gasteiger partial charge in [-0.25, -0.2) is 0 Å². The second-order valence-electron chi connectivity index (χ2n) is 5.09. The van der Waals surface area contributed by atoms with Crippen LogP contribution in [0.3, 0.4) is 0 Å². The minimum absolute atomic E-state index is 0.171. The summed E-state index contributed by atoms with van der Waals surface area (Å²) in [6.07, 6.45) is 2.04. The molecule has 0 aliphatic heterocycles. The van der Waals surface area contributed by atoms with Gasteiger partial charge in [0, 0.05) is 5.69 Å². The number of carbonyl (C=O) groups excluding carboxylic acids is 1. The van der Waals surface area contributed by atoms with Crippen LogP contribution >= 0.6 is 11.6 Å². The number of rotatable bonds is 5. The normalized spacial score (nSPS) is 17.7. The van der Waals surface area contributed by atoms with E-state index in [-0.39, 0.29) is 11.8 Å². The topological polar surface area (TPSA) is 64.3 Å². The third-order valence-corrected chi connectivity index (χ3v) is 3.70. The molecule has 19 heavy (non-hydrogen) atoms. The van der Waals surface area contributed by atoms with Gasteiger partial charge in [0.25, 0.3) is 0 Å². The van der Waals surface area contributed by atoms with Gasteiger partial charge in [0.15, 0.2) is 0 Å². The average molecular weight is 283 g/mol. The molecule has 1 aromatic rings. The van der Waals surface area contributed by atoms with Crippen molar-refractivity contribution in [2.75, 3.05) is 11.9 Å². The first-order valence-electron chi connectivity index (χ1n) is 6.47. The van der Waals surface area contributed by atoms with Crippen LogP contribution in [-0.4, -0.2) is 18.1 Å². The Bertz CT molecular complexity index is 484. The van der Waals surface area contributed by atoms with Gasteiger partial charge in [0.1, 0.15) is 5.75 Å². The molecule has 0 heterocycles. The molecule has 1 fully saturated rings. The molecule has 0 bridgehead atoms. The van der Waals surface area contributed by atoms with E-state index >= 15 is 0 Å². The van der Waals surface area contributed by atoms with Crippen LogP contribution in [0, 0.1) is 5.92 Å². The van der Waals surface area contributed by atoms with Gasteiger partial charge in [-0.3, -0.25) is 4.79 Å². The van der Waals surface area contributed by atoms with E-state index in [0.717, 1.165) is 12.8 Å². The molecule has 1 unspecified atom stereocenters. The van der Waals surface area contributed by atoms with E-state index in [4.69, 9.17) is 22.1 Å². The van der Waals surface area contributed by atoms with E-state index in [2.05, 4.69) is 5.32 Å². The van der Waals surface area contributed by atoms with Gasteiger partial charge in [-0.1, -0.05) is 11.6 Å². The van der Waals surface area contributed by atoms with Gasteiger partial charge in [-0.05, 0) is 50.8 Å². The van der Waals surface area contributed by atoms with Crippen LogP contribution < -0.4 is 15.8 Å². The van der Waals surface area contributed by atoms with Crippen molar-refractivity contribution in [2.24, 2.45) is 11.7 Å². The number of hydrogen-bond acceptors (Lipinski definition) is 3. The van der Waals surface area contributed by atoms with Crippen LogP contribution in [-0.2, 0) is 4.79 Å². The fourth-order valence-electron chi connectivity index (χ4n) is 1.99. The quantitative estimate of drug-likeness (QED) is 0.873. The summed E-state index contributed by atoms with van der Waals surface area (Å²) in [6, 6.07) is 5.18. The summed E-state index contributed by atoms with van der Waals surface area (Å²) in [4.78, 5) is 12.1. The molecule has 0 aromatic heterocycles. The molecule has 0 radical (unpaired) electrons. The Labute approximate surface area is 118 Å². The van der Waals surface area contributed by atoms with E-state index in [1.807, 2.05) is 6.92 Å². The number of hydrogen-bond donors (Lipinski definition) is 2. The Morgan fingerprint density at radius 3 is 2.79 bits per heavy atom. The molecule has 5 heteroatoms. The highest BCUT2D eigenvalue weighted by Gasteiger charge is 2.44. The maximum atomic E-state index is 12.1. The fraction of sp³-hybridized carbons (Fsp3) is 0.500. The molecule has 1 aromatic carbocycles. The molecule has 0 spiro atoms. The number of anilines is 1. The number of benzene rings is 1. The number of ether oxygens (including phenoxy) is 1. The van der Waals surface area contributed by atoms with Crippen molar-refractivity contribution >= 4 is 23.2 Å². The second kappa shape index (κ2) is 5.39. The zero-order chi connectivity index (χ0) is 14.0. The van der Waals surface area contributed by atoms with Crippen molar-refractivity contribution in [3.8, 4) is 5.75 Å². The molecule has 104 valence electrons. The van der Waals surface area contributed by atoms with Crippen molar-refractivity contribution < 1.29 is 9.53 Å². The van der Waals surface area contributed by atoms with Crippen LogP contribution in [0.25, 0.3) is 0 Å². The average Bonchev–Trinajstić information content (AvgIpc) is 3.17. The molecule has 1 aliphatic carbocycles. The van der Waals surface area contributed by atoms with Gasteiger partial charge in [-0.2, -0.15) is 0 Å². The fourth-order valence-corrected chi connectivity index (χ4v) is 2.22. The summed E-state index contributed by atoms with van der Waals surface area (Å²) >= 11 is 6.07. The van der Waals surface area contributed by atoms with Gasteiger partial charge in [0.2, 0.25) is 5.91 Å². The first-order valence-corrected chi connectivity index (χ1v) is 6.85. The Morgan fingerprint density at radius 1 is 1.58 bits per heavy atom. The van der Waals surface area contributed by atoms with Crippen molar-refractivity contribution in [1.82, 2.24) is 0 Å². The van der Waals surface area contributed by atoms with Crippen LogP contribution in [0.1, 0.15) is 26.7 Å². The lowest BCUT2D eigenvalue weighted by atomic mass is 9.96.